The number of halogens is 3. The molecule has 1 heterocycles. The van der Waals surface area contributed by atoms with Gasteiger partial charge in [-0.2, -0.15) is 13.2 Å². The first-order valence-corrected chi connectivity index (χ1v) is 9.29. The van der Waals surface area contributed by atoms with Crippen molar-refractivity contribution in [3.8, 4) is 5.75 Å². The van der Waals surface area contributed by atoms with Gasteiger partial charge in [-0.1, -0.05) is 30.3 Å². The van der Waals surface area contributed by atoms with Gasteiger partial charge in [0.15, 0.2) is 0 Å². The standard InChI is InChI=1S/C21H25F3N2O/c22-21(23,24)19-8-6-18(7-9-19)10-11-25-12-14-26(15-13-25)16-17-27-20-4-2-1-3-5-20/h1-9H,10-17H2. The van der Waals surface area contributed by atoms with Gasteiger partial charge in [0.05, 0.1) is 5.56 Å². The Bertz CT molecular complexity index is 681. The average molecular weight is 378 g/mol. The largest absolute Gasteiger partial charge is 0.492 e. The van der Waals surface area contributed by atoms with Gasteiger partial charge in [0.2, 0.25) is 0 Å². The molecule has 2 aromatic rings. The number of rotatable bonds is 7. The van der Waals surface area contributed by atoms with Gasteiger partial charge >= 0.3 is 6.18 Å². The van der Waals surface area contributed by atoms with E-state index in [1.807, 2.05) is 30.3 Å². The van der Waals surface area contributed by atoms with Gasteiger partial charge < -0.3 is 9.64 Å². The predicted molar refractivity (Wildman–Crippen MR) is 100.0 cm³/mol. The zero-order valence-electron chi connectivity index (χ0n) is 15.3. The average Bonchev–Trinajstić information content (AvgIpc) is 2.68. The summed E-state index contributed by atoms with van der Waals surface area (Å²) < 4.78 is 43.5. The second-order valence-electron chi connectivity index (χ2n) is 6.79. The molecule has 2 aromatic carbocycles. The van der Waals surface area contributed by atoms with E-state index in [-0.39, 0.29) is 0 Å². The number of benzene rings is 2. The topological polar surface area (TPSA) is 15.7 Å². The Morgan fingerprint density at radius 3 is 1.96 bits per heavy atom. The monoisotopic (exact) mass is 378 g/mol. The van der Waals surface area contributed by atoms with Crippen LogP contribution in [-0.4, -0.2) is 55.7 Å². The number of para-hydroxylation sites is 1. The van der Waals surface area contributed by atoms with Crippen LogP contribution in [0.25, 0.3) is 0 Å². The third kappa shape index (κ3) is 6.26. The Morgan fingerprint density at radius 2 is 1.37 bits per heavy atom. The van der Waals surface area contributed by atoms with Crippen LogP contribution in [0.4, 0.5) is 13.2 Å². The summed E-state index contributed by atoms with van der Waals surface area (Å²) in [4.78, 5) is 4.75. The number of nitrogens with zero attached hydrogens (tertiary/aromatic N) is 2. The minimum atomic E-state index is -4.26. The Kier molecular flexibility index (Phi) is 6.74. The summed E-state index contributed by atoms with van der Waals surface area (Å²) in [5, 5.41) is 0. The summed E-state index contributed by atoms with van der Waals surface area (Å²) in [5.41, 5.74) is 0.360. The van der Waals surface area contributed by atoms with Crippen molar-refractivity contribution in [2.75, 3.05) is 45.9 Å². The molecule has 1 saturated heterocycles. The van der Waals surface area contributed by atoms with E-state index in [2.05, 4.69) is 9.80 Å². The summed E-state index contributed by atoms with van der Waals surface area (Å²) in [7, 11) is 0. The number of hydrogen-bond acceptors (Lipinski definition) is 3. The lowest BCUT2D eigenvalue weighted by molar-refractivity contribution is -0.137. The minimum absolute atomic E-state index is 0.586. The van der Waals surface area contributed by atoms with Crippen molar-refractivity contribution in [3.63, 3.8) is 0 Å². The number of piperazine rings is 1. The van der Waals surface area contributed by atoms with Crippen molar-refractivity contribution >= 4 is 0 Å². The molecule has 27 heavy (non-hydrogen) atoms. The molecule has 6 heteroatoms. The molecule has 0 aliphatic carbocycles. The Balaban J connectivity index is 1.33. The Hall–Kier alpha value is -2.05. The van der Waals surface area contributed by atoms with Gasteiger partial charge in [-0.15, -0.1) is 0 Å². The van der Waals surface area contributed by atoms with Crippen molar-refractivity contribution in [2.45, 2.75) is 12.6 Å². The molecule has 0 radical (unpaired) electrons. The SMILES string of the molecule is FC(F)(F)c1ccc(CCN2CCN(CCOc3ccccc3)CC2)cc1. The van der Waals surface area contributed by atoms with Crippen LogP contribution < -0.4 is 4.74 Å². The Labute approximate surface area is 158 Å². The number of hydrogen-bond donors (Lipinski definition) is 0. The highest BCUT2D eigenvalue weighted by Crippen LogP contribution is 2.29. The molecule has 0 bridgehead atoms. The molecule has 0 N–H and O–H groups in total. The maximum Gasteiger partial charge on any atom is 0.416 e. The first-order chi connectivity index (χ1) is 13.0. The molecule has 0 atom stereocenters. The summed E-state index contributed by atoms with van der Waals surface area (Å²) in [6.07, 6.45) is -3.49. The fourth-order valence-electron chi connectivity index (χ4n) is 3.19. The van der Waals surface area contributed by atoms with E-state index in [0.29, 0.717) is 6.61 Å². The van der Waals surface area contributed by atoms with E-state index in [1.165, 1.54) is 12.1 Å². The summed E-state index contributed by atoms with van der Waals surface area (Å²) in [6.45, 7) is 6.39. The summed E-state index contributed by atoms with van der Waals surface area (Å²) >= 11 is 0. The normalized spacial score (nSPS) is 16.4. The molecule has 0 unspecified atom stereocenters. The summed E-state index contributed by atoms with van der Waals surface area (Å²) in [5.74, 6) is 0.896. The third-order valence-electron chi connectivity index (χ3n) is 4.88. The zero-order valence-corrected chi connectivity index (χ0v) is 15.3. The van der Waals surface area contributed by atoms with E-state index < -0.39 is 11.7 Å². The van der Waals surface area contributed by atoms with E-state index in [9.17, 15) is 13.2 Å². The zero-order chi connectivity index (χ0) is 19.1. The lowest BCUT2D eigenvalue weighted by Crippen LogP contribution is -2.47. The lowest BCUT2D eigenvalue weighted by atomic mass is 10.1. The fraction of sp³-hybridized carbons (Fsp3) is 0.429. The van der Waals surface area contributed by atoms with E-state index in [1.54, 1.807) is 12.1 Å². The van der Waals surface area contributed by atoms with Crippen molar-refractivity contribution < 1.29 is 17.9 Å². The number of ether oxygens (including phenoxy) is 1. The van der Waals surface area contributed by atoms with Crippen LogP contribution in [0.5, 0.6) is 5.75 Å². The van der Waals surface area contributed by atoms with Gasteiger partial charge in [-0.05, 0) is 36.2 Å². The molecule has 0 saturated carbocycles. The molecule has 0 amide bonds. The predicted octanol–water partition coefficient (Wildman–Crippen LogP) is 3.94. The summed E-state index contributed by atoms with van der Waals surface area (Å²) in [6, 6.07) is 15.3. The molecule has 1 fully saturated rings. The molecule has 3 rings (SSSR count). The second kappa shape index (κ2) is 9.24. The molecule has 146 valence electrons. The molecule has 0 aromatic heterocycles. The highest BCUT2D eigenvalue weighted by atomic mass is 19.4. The van der Waals surface area contributed by atoms with Crippen molar-refractivity contribution in [1.29, 1.82) is 0 Å². The first-order valence-electron chi connectivity index (χ1n) is 9.29. The maximum absolute atomic E-state index is 12.6. The second-order valence-corrected chi connectivity index (χ2v) is 6.79. The molecular weight excluding hydrogens is 353 g/mol. The smallest absolute Gasteiger partial charge is 0.416 e. The van der Waals surface area contributed by atoms with Crippen molar-refractivity contribution in [2.24, 2.45) is 0 Å². The van der Waals surface area contributed by atoms with Crippen LogP contribution in [-0.2, 0) is 12.6 Å². The van der Waals surface area contributed by atoms with Crippen molar-refractivity contribution in [1.82, 2.24) is 9.80 Å². The highest BCUT2D eigenvalue weighted by Gasteiger charge is 2.29. The van der Waals surface area contributed by atoms with E-state index in [4.69, 9.17) is 4.74 Å². The van der Waals surface area contributed by atoms with Gasteiger partial charge in [0.1, 0.15) is 12.4 Å². The lowest BCUT2D eigenvalue weighted by Gasteiger charge is -2.34. The van der Waals surface area contributed by atoms with Crippen LogP contribution >= 0.6 is 0 Å². The quantitative estimate of drug-likeness (QED) is 0.726. The van der Waals surface area contributed by atoms with Gasteiger partial charge in [0, 0.05) is 39.3 Å². The first kappa shape index (κ1) is 19.7. The molecule has 1 aliphatic rings. The van der Waals surface area contributed by atoms with Gasteiger partial charge in [0.25, 0.3) is 0 Å². The fourth-order valence-corrected chi connectivity index (χ4v) is 3.19. The maximum atomic E-state index is 12.6. The number of alkyl halides is 3. The van der Waals surface area contributed by atoms with Crippen molar-refractivity contribution in [3.05, 3.63) is 65.7 Å². The van der Waals surface area contributed by atoms with Crippen LogP contribution in [0.3, 0.4) is 0 Å². The van der Waals surface area contributed by atoms with Gasteiger partial charge in [-0.25, -0.2) is 0 Å². The molecule has 3 nitrogen and oxygen atoms in total. The highest BCUT2D eigenvalue weighted by molar-refractivity contribution is 5.24. The van der Waals surface area contributed by atoms with Crippen LogP contribution in [0.1, 0.15) is 11.1 Å². The van der Waals surface area contributed by atoms with Gasteiger partial charge in [-0.3, -0.25) is 4.90 Å². The Morgan fingerprint density at radius 1 is 0.778 bits per heavy atom. The van der Waals surface area contributed by atoms with Crippen LogP contribution in [0.2, 0.25) is 0 Å². The minimum Gasteiger partial charge on any atom is -0.492 e. The molecule has 0 spiro atoms. The van der Waals surface area contributed by atoms with Crippen LogP contribution in [0, 0.1) is 0 Å². The van der Waals surface area contributed by atoms with E-state index in [0.717, 1.165) is 57.0 Å². The van der Waals surface area contributed by atoms with E-state index >= 15 is 0 Å². The van der Waals surface area contributed by atoms with Crippen LogP contribution in [0.15, 0.2) is 54.6 Å². The third-order valence-corrected chi connectivity index (χ3v) is 4.88. The molecule has 1 aliphatic heterocycles. The molecular formula is C21H25F3N2O.